The molecule has 2 aromatic heterocycles. The zero-order valence-electron chi connectivity index (χ0n) is 17.7. The first-order chi connectivity index (χ1) is 14.3. The average molecular weight is 423 g/mol. The number of thiophene rings is 1. The van der Waals surface area contributed by atoms with E-state index >= 15 is 0 Å². The van der Waals surface area contributed by atoms with Gasteiger partial charge in [-0.1, -0.05) is 12.5 Å². The van der Waals surface area contributed by atoms with Crippen LogP contribution in [0.3, 0.4) is 0 Å². The quantitative estimate of drug-likeness (QED) is 0.548. The van der Waals surface area contributed by atoms with Crippen LogP contribution >= 0.6 is 11.3 Å². The maximum Gasteiger partial charge on any atom is 0.123 e. The second kappa shape index (κ2) is 6.89. The van der Waals surface area contributed by atoms with Gasteiger partial charge in [-0.25, -0.2) is 9.37 Å². The molecule has 1 N–H and O–H groups in total. The molecule has 0 saturated heterocycles. The summed E-state index contributed by atoms with van der Waals surface area (Å²) in [5, 5.41) is 11.7. The Bertz CT molecular complexity index is 1120. The summed E-state index contributed by atoms with van der Waals surface area (Å²) in [4.78, 5) is 6.95. The first-order valence-electron chi connectivity index (χ1n) is 10.6. The minimum absolute atomic E-state index is 0.132. The van der Waals surface area contributed by atoms with Crippen LogP contribution in [0.15, 0.2) is 48.3 Å². The highest BCUT2D eigenvalue weighted by molar-refractivity contribution is 7.12. The largest absolute Gasteiger partial charge is 0.384 e. The minimum Gasteiger partial charge on any atom is -0.384 e. The van der Waals surface area contributed by atoms with Crippen LogP contribution in [0.2, 0.25) is 0 Å². The summed E-state index contributed by atoms with van der Waals surface area (Å²) in [6, 6.07) is 10.7. The number of allylic oxidation sites excluding steroid dienone is 1. The van der Waals surface area contributed by atoms with Crippen LogP contribution in [0.4, 0.5) is 4.39 Å². The van der Waals surface area contributed by atoms with E-state index in [1.807, 2.05) is 13.3 Å². The number of halogens is 1. The molecule has 3 unspecified atom stereocenters. The van der Waals surface area contributed by atoms with Crippen molar-refractivity contribution < 1.29 is 9.50 Å². The number of fused-ring (bicyclic) bond motifs is 2. The third-order valence-corrected chi connectivity index (χ3v) is 8.39. The Labute approximate surface area is 180 Å². The molecular weight excluding hydrogens is 395 g/mol. The summed E-state index contributed by atoms with van der Waals surface area (Å²) < 4.78 is 15.6. The Morgan fingerprint density at radius 2 is 2.00 bits per heavy atom. The van der Waals surface area contributed by atoms with Gasteiger partial charge < -0.3 is 9.67 Å². The Morgan fingerprint density at radius 3 is 2.70 bits per heavy atom. The van der Waals surface area contributed by atoms with Crippen molar-refractivity contribution in [3.8, 4) is 11.3 Å². The molecule has 3 heterocycles. The molecule has 3 aromatic rings. The number of hydrogen-bond donors (Lipinski definition) is 1. The number of imidazole rings is 1. The van der Waals surface area contributed by atoms with E-state index in [0.717, 1.165) is 47.6 Å². The van der Waals surface area contributed by atoms with Crippen molar-refractivity contribution in [3.63, 3.8) is 0 Å². The van der Waals surface area contributed by atoms with Gasteiger partial charge in [0, 0.05) is 33.2 Å². The molecular formula is C25H27FN2OS. The molecule has 1 fully saturated rings. The standard InChI is InChI=1S/C25H27FN2OS/c1-16-7-12-22(30-16)25(3,29)21-6-4-5-18-13-20-23(17-8-10-19(26)11-9-17)27-15-28(20)14-24(18,21)2/h7-13,15,21,29H,4-6,14H2,1-3H3. The van der Waals surface area contributed by atoms with Gasteiger partial charge in [0.2, 0.25) is 0 Å². The molecule has 0 amide bonds. The molecule has 30 heavy (non-hydrogen) atoms. The summed E-state index contributed by atoms with van der Waals surface area (Å²) in [6.07, 6.45) is 7.29. The van der Waals surface area contributed by atoms with Gasteiger partial charge in [-0.2, -0.15) is 0 Å². The molecule has 1 saturated carbocycles. The monoisotopic (exact) mass is 422 g/mol. The van der Waals surface area contributed by atoms with Crippen molar-refractivity contribution >= 4 is 17.4 Å². The van der Waals surface area contributed by atoms with Crippen LogP contribution in [0.5, 0.6) is 0 Å². The Balaban J connectivity index is 1.56. The third-order valence-electron chi connectivity index (χ3n) is 7.16. The fourth-order valence-electron chi connectivity index (χ4n) is 5.57. The van der Waals surface area contributed by atoms with Gasteiger partial charge in [0.15, 0.2) is 0 Å². The van der Waals surface area contributed by atoms with E-state index in [1.54, 1.807) is 23.5 Å². The van der Waals surface area contributed by atoms with Crippen LogP contribution in [-0.4, -0.2) is 14.7 Å². The lowest BCUT2D eigenvalue weighted by Crippen LogP contribution is -2.48. The van der Waals surface area contributed by atoms with Crippen molar-refractivity contribution in [3.05, 3.63) is 69.6 Å². The summed E-state index contributed by atoms with van der Waals surface area (Å²) in [5.41, 5.74) is 3.30. The maximum atomic E-state index is 13.4. The SMILES string of the molecule is Cc1ccc(C(C)(O)C2CCCC3=Cc4c(-c5ccc(F)cc5)ncn4CC32C)s1. The fourth-order valence-corrected chi connectivity index (χ4v) is 6.54. The zero-order chi connectivity index (χ0) is 21.1. The lowest BCUT2D eigenvalue weighted by Gasteiger charge is -2.51. The predicted octanol–water partition coefficient (Wildman–Crippen LogP) is 6.17. The highest BCUT2D eigenvalue weighted by Gasteiger charge is 2.51. The van der Waals surface area contributed by atoms with Crippen LogP contribution in [-0.2, 0) is 12.1 Å². The molecule has 2 aliphatic rings. The molecule has 3 nitrogen and oxygen atoms in total. The van der Waals surface area contributed by atoms with E-state index in [2.05, 4.69) is 41.6 Å². The summed E-state index contributed by atoms with van der Waals surface area (Å²) in [6.45, 7) is 7.18. The van der Waals surface area contributed by atoms with Gasteiger partial charge in [0.1, 0.15) is 5.82 Å². The minimum atomic E-state index is -0.870. The molecule has 1 aromatic carbocycles. The fraction of sp³-hybridized carbons (Fsp3) is 0.400. The summed E-state index contributed by atoms with van der Waals surface area (Å²) >= 11 is 1.70. The van der Waals surface area contributed by atoms with E-state index in [1.165, 1.54) is 22.6 Å². The van der Waals surface area contributed by atoms with E-state index in [0.29, 0.717) is 0 Å². The average Bonchev–Trinajstić information content (AvgIpc) is 3.32. The van der Waals surface area contributed by atoms with Gasteiger partial charge in [0.25, 0.3) is 0 Å². The van der Waals surface area contributed by atoms with Crippen molar-refractivity contribution in [2.45, 2.75) is 52.2 Å². The molecule has 156 valence electrons. The predicted molar refractivity (Wildman–Crippen MR) is 120 cm³/mol. The number of nitrogens with zero attached hydrogens (tertiary/aromatic N) is 2. The van der Waals surface area contributed by atoms with Gasteiger partial charge in [0.05, 0.1) is 23.3 Å². The first-order valence-corrected chi connectivity index (χ1v) is 11.4. The Hall–Kier alpha value is -2.24. The van der Waals surface area contributed by atoms with Gasteiger partial charge in [-0.3, -0.25) is 0 Å². The molecule has 5 heteroatoms. The van der Waals surface area contributed by atoms with Crippen LogP contribution in [0.1, 0.15) is 48.6 Å². The molecule has 0 spiro atoms. The molecule has 3 atom stereocenters. The molecule has 1 aliphatic carbocycles. The van der Waals surface area contributed by atoms with Crippen LogP contribution in [0, 0.1) is 24.1 Å². The topological polar surface area (TPSA) is 38.1 Å². The smallest absolute Gasteiger partial charge is 0.123 e. The van der Waals surface area contributed by atoms with Crippen LogP contribution in [0.25, 0.3) is 17.3 Å². The lowest BCUT2D eigenvalue weighted by atomic mass is 9.58. The van der Waals surface area contributed by atoms with Crippen molar-refractivity contribution in [2.24, 2.45) is 11.3 Å². The number of rotatable bonds is 3. The highest BCUT2D eigenvalue weighted by Crippen LogP contribution is 2.56. The molecule has 0 radical (unpaired) electrons. The second-order valence-corrected chi connectivity index (χ2v) is 10.5. The molecule has 0 bridgehead atoms. The van der Waals surface area contributed by atoms with Gasteiger partial charge in [-0.15, -0.1) is 11.3 Å². The summed E-state index contributed by atoms with van der Waals surface area (Å²) in [7, 11) is 0. The van der Waals surface area contributed by atoms with Crippen LogP contribution < -0.4 is 0 Å². The number of aliphatic hydroxyl groups is 1. The zero-order valence-corrected chi connectivity index (χ0v) is 18.5. The van der Waals surface area contributed by atoms with E-state index in [4.69, 9.17) is 0 Å². The molecule has 5 rings (SSSR count). The Kier molecular flexibility index (Phi) is 4.53. The van der Waals surface area contributed by atoms with Crippen molar-refractivity contribution in [2.75, 3.05) is 0 Å². The first kappa shape index (κ1) is 19.7. The van der Waals surface area contributed by atoms with E-state index < -0.39 is 5.60 Å². The van der Waals surface area contributed by atoms with E-state index in [9.17, 15) is 9.50 Å². The van der Waals surface area contributed by atoms with Crippen molar-refractivity contribution in [1.29, 1.82) is 0 Å². The van der Waals surface area contributed by atoms with Gasteiger partial charge in [-0.05, 0) is 75.6 Å². The van der Waals surface area contributed by atoms with E-state index in [-0.39, 0.29) is 17.2 Å². The maximum absolute atomic E-state index is 13.4. The second-order valence-electron chi connectivity index (χ2n) is 9.20. The number of aromatic nitrogens is 2. The summed E-state index contributed by atoms with van der Waals surface area (Å²) in [5.74, 6) is -0.105. The highest BCUT2D eigenvalue weighted by atomic mass is 32.1. The Morgan fingerprint density at radius 1 is 1.23 bits per heavy atom. The third kappa shape index (κ3) is 2.98. The number of benzene rings is 1. The van der Waals surface area contributed by atoms with Crippen molar-refractivity contribution in [1.82, 2.24) is 9.55 Å². The molecule has 1 aliphatic heterocycles. The van der Waals surface area contributed by atoms with Gasteiger partial charge >= 0.3 is 0 Å². The lowest BCUT2D eigenvalue weighted by molar-refractivity contribution is -0.0687. The normalized spacial score (nSPS) is 25.2. The number of hydrogen-bond acceptors (Lipinski definition) is 3. The number of aryl methyl sites for hydroxylation is 1.